The first-order valence-corrected chi connectivity index (χ1v) is 8.03. The molecule has 0 radical (unpaired) electrons. The number of carbonyl (C=O) groups is 1. The van der Waals surface area contributed by atoms with Crippen LogP contribution in [0.15, 0.2) is 59.1 Å². The molecule has 0 unspecified atom stereocenters. The Kier molecular flexibility index (Phi) is 9.47. The Morgan fingerprint density at radius 1 is 1.08 bits per heavy atom. The van der Waals surface area contributed by atoms with E-state index >= 15 is 0 Å². The number of carbonyl (C=O) groups excluding carboxylic acids is 1. The molecule has 3 aromatic rings. The predicted octanol–water partition coefficient (Wildman–Crippen LogP) is 1.82. The molecule has 0 spiro atoms. The summed E-state index contributed by atoms with van der Waals surface area (Å²) in [6, 6.07) is 19.3. The smallest absolute Gasteiger partial charge is 0.470 e. The zero-order valence-corrected chi connectivity index (χ0v) is 19.1. The van der Waals surface area contributed by atoms with Crippen molar-refractivity contribution in [2.24, 2.45) is 0 Å². The Morgan fingerprint density at radius 3 is 2.15 bits per heavy atom. The molecule has 2 aromatic carbocycles. The van der Waals surface area contributed by atoms with E-state index in [1.54, 1.807) is 30.3 Å². The fourth-order valence-electron chi connectivity index (χ4n) is 1.92. The van der Waals surface area contributed by atoms with Gasteiger partial charge in [0.2, 0.25) is 5.91 Å². The van der Waals surface area contributed by atoms with Crippen LogP contribution in [0, 0.1) is 19.2 Å². The third-order valence-corrected chi connectivity index (χ3v) is 3.42. The molecule has 1 heterocycles. The second-order valence-corrected chi connectivity index (χ2v) is 6.68. The molecule has 1 amide bonds. The van der Waals surface area contributed by atoms with Crippen molar-refractivity contribution in [1.29, 1.82) is 0 Å². The van der Waals surface area contributed by atoms with Crippen LogP contribution in [-0.4, -0.2) is 11.1 Å². The minimum atomic E-state index is -0.0992. The Bertz CT molecular complexity index is 777. The molecule has 0 saturated heterocycles. The summed E-state index contributed by atoms with van der Waals surface area (Å²) in [5.74, 6) is 0.778. The van der Waals surface area contributed by atoms with Crippen LogP contribution < -0.4 is 56.7 Å². The Labute approximate surface area is 197 Å². The number of nitrogens with one attached hydrogen (secondary N) is 1. The van der Waals surface area contributed by atoms with Gasteiger partial charge in [0, 0.05) is 5.69 Å². The van der Waals surface area contributed by atoms with E-state index in [4.69, 9.17) is 4.52 Å². The second kappa shape index (κ2) is 10.8. The van der Waals surface area contributed by atoms with Gasteiger partial charge in [0.25, 0.3) is 0 Å². The summed E-state index contributed by atoms with van der Waals surface area (Å²) in [5, 5.41) is 6.32. The van der Waals surface area contributed by atoms with Crippen LogP contribution >= 0.6 is 0 Å². The third kappa shape index (κ3) is 7.56. The van der Waals surface area contributed by atoms with Gasteiger partial charge in [-0.25, -0.2) is 5.16 Å². The van der Waals surface area contributed by atoms with Gasteiger partial charge in [0.05, 0.1) is 0 Å². The SMILES string of the molecule is CC(C)(C)c1c[c-]no1.Cc1ccc(NC(=O)c2cc[c-]cc2)cc1.[K+]. The molecule has 0 bridgehead atoms. The van der Waals surface area contributed by atoms with Gasteiger partial charge in [-0.05, 0) is 30.2 Å². The van der Waals surface area contributed by atoms with Gasteiger partial charge in [0.15, 0.2) is 0 Å². The maximum Gasteiger partial charge on any atom is 1.00 e. The van der Waals surface area contributed by atoms with Gasteiger partial charge in [0.1, 0.15) is 0 Å². The summed E-state index contributed by atoms with van der Waals surface area (Å²) >= 11 is 0. The summed E-state index contributed by atoms with van der Waals surface area (Å²) in [6.45, 7) is 8.22. The standard InChI is InChI=1S/C14H12NO.C7H10NO.K/c1-11-7-9-13(10-8-11)15-14(16)12-5-3-2-4-6-12;1-7(2,3)6-4-5-8-9-6;/h3-10H,1H3,(H,15,16);4H,1-3H3;/q2*-1;+1. The maximum atomic E-state index is 11.8. The van der Waals surface area contributed by atoms with Crippen molar-refractivity contribution in [2.75, 3.05) is 5.32 Å². The summed E-state index contributed by atoms with van der Waals surface area (Å²) in [4.78, 5) is 11.8. The molecule has 0 aliphatic carbocycles. The van der Waals surface area contributed by atoms with Crippen molar-refractivity contribution in [3.63, 3.8) is 0 Å². The van der Waals surface area contributed by atoms with E-state index < -0.39 is 0 Å². The van der Waals surface area contributed by atoms with Crippen molar-refractivity contribution < 1.29 is 60.7 Å². The number of rotatable bonds is 2. The molecule has 3 rings (SSSR count). The summed E-state index contributed by atoms with van der Waals surface area (Å²) in [7, 11) is 0. The van der Waals surface area contributed by atoms with Crippen LogP contribution in [0.2, 0.25) is 0 Å². The van der Waals surface area contributed by atoms with E-state index in [-0.39, 0.29) is 62.7 Å². The predicted molar refractivity (Wildman–Crippen MR) is 98.4 cm³/mol. The summed E-state index contributed by atoms with van der Waals surface area (Å²) in [6.07, 6.45) is 2.62. The Balaban J connectivity index is 0.000000290. The first-order chi connectivity index (χ1) is 11.9. The van der Waals surface area contributed by atoms with Gasteiger partial charge in [-0.1, -0.05) is 44.0 Å². The largest absolute Gasteiger partial charge is 1.00 e. The fourth-order valence-corrected chi connectivity index (χ4v) is 1.92. The van der Waals surface area contributed by atoms with Gasteiger partial charge in [-0.2, -0.15) is 36.4 Å². The van der Waals surface area contributed by atoms with E-state index in [1.165, 1.54) is 5.56 Å². The molecular weight excluding hydrogens is 351 g/mol. The van der Waals surface area contributed by atoms with Crippen molar-refractivity contribution in [3.05, 3.63) is 83.7 Å². The molecule has 0 fully saturated rings. The van der Waals surface area contributed by atoms with E-state index in [0.717, 1.165) is 11.4 Å². The zero-order valence-electron chi connectivity index (χ0n) is 16.0. The summed E-state index contributed by atoms with van der Waals surface area (Å²) < 4.78 is 4.89. The third-order valence-electron chi connectivity index (χ3n) is 3.42. The molecule has 1 aromatic heterocycles. The zero-order chi connectivity index (χ0) is 18.3. The van der Waals surface area contributed by atoms with Crippen LogP contribution in [0.4, 0.5) is 5.69 Å². The number of amides is 1. The van der Waals surface area contributed by atoms with Crippen LogP contribution in [0.5, 0.6) is 0 Å². The van der Waals surface area contributed by atoms with Gasteiger partial charge in [-0.15, -0.1) is 6.20 Å². The first-order valence-electron chi connectivity index (χ1n) is 8.03. The van der Waals surface area contributed by atoms with Crippen molar-refractivity contribution >= 4 is 11.6 Å². The topological polar surface area (TPSA) is 55.1 Å². The number of aromatic nitrogens is 1. The molecule has 1 N–H and O–H groups in total. The average Bonchev–Trinajstić information content (AvgIpc) is 3.13. The normalized spacial score (nSPS) is 10.2. The van der Waals surface area contributed by atoms with Gasteiger partial charge in [-0.3, -0.25) is 4.79 Å². The van der Waals surface area contributed by atoms with Crippen molar-refractivity contribution in [1.82, 2.24) is 5.16 Å². The van der Waals surface area contributed by atoms with Gasteiger partial charge < -0.3 is 9.84 Å². The maximum absolute atomic E-state index is 11.8. The molecule has 26 heavy (non-hydrogen) atoms. The molecule has 0 aliphatic rings. The van der Waals surface area contributed by atoms with Crippen LogP contribution in [0.25, 0.3) is 0 Å². The van der Waals surface area contributed by atoms with E-state index in [9.17, 15) is 4.79 Å². The number of anilines is 1. The monoisotopic (exact) mass is 373 g/mol. The number of hydrogen-bond donors (Lipinski definition) is 1. The average molecular weight is 374 g/mol. The number of hydrogen-bond acceptors (Lipinski definition) is 3. The molecule has 130 valence electrons. The summed E-state index contributed by atoms with van der Waals surface area (Å²) in [5.41, 5.74) is 2.68. The molecular formula is C21H22KN2O2-. The van der Waals surface area contributed by atoms with Gasteiger partial charge >= 0.3 is 51.4 Å². The van der Waals surface area contributed by atoms with Crippen LogP contribution in [-0.2, 0) is 5.41 Å². The van der Waals surface area contributed by atoms with E-state index in [0.29, 0.717) is 5.56 Å². The minimum Gasteiger partial charge on any atom is -0.470 e. The molecule has 4 nitrogen and oxygen atoms in total. The minimum absolute atomic E-state index is 0. The van der Waals surface area contributed by atoms with Crippen molar-refractivity contribution in [3.8, 4) is 0 Å². The quantitative estimate of drug-likeness (QED) is 0.551. The molecule has 5 heteroatoms. The number of benzene rings is 2. The number of aryl methyl sites for hydroxylation is 1. The second-order valence-electron chi connectivity index (χ2n) is 6.68. The molecule has 0 aliphatic heterocycles. The fraction of sp³-hybridized carbons (Fsp3) is 0.238. The number of nitrogens with zero attached hydrogens (tertiary/aromatic N) is 1. The first kappa shape index (κ1) is 22.8. The van der Waals surface area contributed by atoms with Crippen LogP contribution in [0.1, 0.15) is 42.5 Å². The molecule has 0 atom stereocenters. The molecule has 0 saturated carbocycles. The van der Waals surface area contributed by atoms with Crippen molar-refractivity contribution in [2.45, 2.75) is 33.1 Å². The Morgan fingerprint density at radius 2 is 1.69 bits per heavy atom. The Hall–Kier alpha value is -1.24. The van der Waals surface area contributed by atoms with E-state index in [2.05, 4.69) is 43.5 Å². The van der Waals surface area contributed by atoms with Crippen LogP contribution in [0.3, 0.4) is 0 Å². The van der Waals surface area contributed by atoms with E-state index in [1.807, 2.05) is 31.2 Å².